The van der Waals surface area contributed by atoms with E-state index in [1.807, 2.05) is 6.92 Å². The van der Waals surface area contributed by atoms with Crippen LogP contribution in [-0.4, -0.2) is 49.8 Å². The minimum atomic E-state index is -3.54. The van der Waals surface area contributed by atoms with Crippen LogP contribution in [0.3, 0.4) is 0 Å². The summed E-state index contributed by atoms with van der Waals surface area (Å²) in [5.41, 5.74) is 0. The number of carbonyl (C=O) groups excluding carboxylic acids is 1. The molecule has 106 valence electrons. The highest BCUT2D eigenvalue weighted by Crippen LogP contribution is 2.26. The van der Waals surface area contributed by atoms with Crippen molar-refractivity contribution in [3.8, 4) is 0 Å². The Balaban J connectivity index is 2.30. The molecular formula is C11H16N2O3S3. The summed E-state index contributed by atoms with van der Waals surface area (Å²) in [5, 5.41) is 4.30. The van der Waals surface area contributed by atoms with Crippen molar-refractivity contribution in [2.24, 2.45) is 0 Å². The van der Waals surface area contributed by atoms with Crippen LogP contribution in [0.25, 0.3) is 0 Å². The van der Waals surface area contributed by atoms with E-state index >= 15 is 0 Å². The van der Waals surface area contributed by atoms with Crippen molar-refractivity contribution < 1.29 is 13.2 Å². The average Bonchev–Trinajstić information content (AvgIpc) is 2.90. The summed E-state index contributed by atoms with van der Waals surface area (Å²) in [6.45, 7) is 3.31. The molecule has 1 fully saturated rings. The second-order valence-corrected chi connectivity index (χ2v) is 8.04. The van der Waals surface area contributed by atoms with Crippen LogP contribution < -0.4 is 5.32 Å². The molecule has 1 aliphatic heterocycles. The lowest BCUT2D eigenvalue weighted by Crippen LogP contribution is -2.38. The Hall–Kier alpha value is -0.570. The van der Waals surface area contributed by atoms with Crippen LogP contribution in [0.1, 0.15) is 16.6 Å². The van der Waals surface area contributed by atoms with Crippen LogP contribution in [0.5, 0.6) is 0 Å². The van der Waals surface area contributed by atoms with Gasteiger partial charge < -0.3 is 5.32 Å². The largest absolute Gasteiger partial charge is 0.352 e. The van der Waals surface area contributed by atoms with Crippen molar-refractivity contribution in [3.63, 3.8) is 0 Å². The van der Waals surface area contributed by atoms with Gasteiger partial charge in [0.25, 0.3) is 5.91 Å². The van der Waals surface area contributed by atoms with Crippen molar-refractivity contribution in [2.45, 2.75) is 11.8 Å². The molecule has 1 saturated heterocycles. The van der Waals surface area contributed by atoms with Gasteiger partial charge in [-0.05, 0) is 18.4 Å². The third-order valence-electron chi connectivity index (χ3n) is 2.76. The fraction of sp³-hybridized carbons (Fsp3) is 0.545. The molecule has 0 atom stereocenters. The molecule has 0 unspecified atom stereocenters. The monoisotopic (exact) mass is 320 g/mol. The maximum Gasteiger partial charge on any atom is 0.262 e. The summed E-state index contributed by atoms with van der Waals surface area (Å²) in [4.78, 5) is 12.3. The van der Waals surface area contributed by atoms with Gasteiger partial charge in [0.1, 0.15) is 9.77 Å². The number of carbonyl (C=O) groups is 1. The Bertz CT molecular complexity index is 547. The van der Waals surface area contributed by atoms with E-state index in [4.69, 9.17) is 0 Å². The normalized spacial score (nSPS) is 17.3. The number of nitrogens with zero attached hydrogens (tertiary/aromatic N) is 1. The van der Waals surface area contributed by atoms with E-state index in [0.29, 0.717) is 19.6 Å². The third kappa shape index (κ3) is 3.13. The Morgan fingerprint density at radius 3 is 2.74 bits per heavy atom. The van der Waals surface area contributed by atoms with Gasteiger partial charge in [0.2, 0.25) is 10.0 Å². The Kier molecular flexibility index (Phi) is 4.88. The van der Waals surface area contributed by atoms with Gasteiger partial charge in [-0.25, -0.2) is 8.42 Å². The van der Waals surface area contributed by atoms with Crippen LogP contribution in [0, 0.1) is 0 Å². The van der Waals surface area contributed by atoms with Crippen molar-refractivity contribution in [3.05, 3.63) is 16.3 Å². The van der Waals surface area contributed by atoms with E-state index < -0.39 is 10.0 Å². The minimum Gasteiger partial charge on any atom is -0.352 e. The van der Waals surface area contributed by atoms with Crippen LogP contribution in [-0.2, 0) is 10.0 Å². The summed E-state index contributed by atoms with van der Waals surface area (Å²) in [7, 11) is -3.54. The average molecular weight is 320 g/mol. The van der Waals surface area contributed by atoms with E-state index in [0.717, 1.165) is 11.5 Å². The maximum atomic E-state index is 12.5. The highest BCUT2D eigenvalue weighted by atomic mass is 32.2. The van der Waals surface area contributed by atoms with Crippen LogP contribution in [0.15, 0.2) is 16.3 Å². The zero-order valence-corrected chi connectivity index (χ0v) is 13.0. The Morgan fingerprint density at radius 2 is 2.11 bits per heavy atom. The van der Waals surface area contributed by atoms with Gasteiger partial charge in [-0.2, -0.15) is 16.1 Å². The van der Waals surface area contributed by atoms with Crippen molar-refractivity contribution in [1.29, 1.82) is 0 Å². The Morgan fingerprint density at radius 1 is 1.42 bits per heavy atom. The predicted octanol–water partition coefficient (Wildman–Crippen LogP) is 1.24. The van der Waals surface area contributed by atoms with E-state index in [9.17, 15) is 13.2 Å². The number of rotatable bonds is 4. The summed E-state index contributed by atoms with van der Waals surface area (Å²) in [5.74, 6) is 1.29. The summed E-state index contributed by atoms with van der Waals surface area (Å²) in [6, 6.07) is 1.52. The zero-order valence-electron chi connectivity index (χ0n) is 10.6. The predicted molar refractivity (Wildman–Crippen MR) is 78.4 cm³/mol. The molecule has 2 heterocycles. The molecule has 0 aromatic carbocycles. The number of thiophene rings is 1. The molecule has 1 amide bonds. The highest BCUT2D eigenvalue weighted by molar-refractivity contribution is 7.99. The topological polar surface area (TPSA) is 66.5 Å². The maximum absolute atomic E-state index is 12.5. The quantitative estimate of drug-likeness (QED) is 0.906. The SMILES string of the molecule is CCNC(=O)c1sccc1S(=O)(=O)N1CCSCC1. The molecule has 1 aliphatic rings. The number of hydrogen-bond donors (Lipinski definition) is 1. The van der Waals surface area contributed by atoms with E-state index in [1.54, 1.807) is 17.1 Å². The fourth-order valence-electron chi connectivity index (χ4n) is 1.83. The van der Waals surface area contributed by atoms with Crippen LogP contribution in [0.2, 0.25) is 0 Å². The first kappa shape index (κ1) is 14.8. The summed E-state index contributed by atoms with van der Waals surface area (Å²) >= 11 is 2.91. The lowest BCUT2D eigenvalue weighted by Gasteiger charge is -2.25. The standard InChI is InChI=1S/C11H16N2O3S3/c1-2-12-11(14)10-9(3-6-18-10)19(15,16)13-4-7-17-8-5-13/h3,6H,2,4-5,7-8H2,1H3,(H,12,14). The number of sulfonamides is 1. The molecule has 1 aromatic heterocycles. The second-order valence-electron chi connectivity index (χ2n) is 3.99. The van der Waals surface area contributed by atoms with Gasteiger partial charge in [-0.15, -0.1) is 11.3 Å². The first-order valence-electron chi connectivity index (χ1n) is 6.01. The molecule has 19 heavy (non-hydrogen) atoms. The van der Waals surface area contributed by atoms with E-state index in [1.165, 1.54) is 21.7 Å². The van der Waals surface area contributed by atoms with Gasteiger partial charge in [-0.1, -0.05) is 0 Å². The molecule has 0 spiro atoms. The molecular weight excluding hydrogens is 304 g/mol. The molecule has 0 aliphatic carbocycles. The summed E-state index contributed by atoms with van der Waals surface area (Å²) < 4.78 is 26.5. The number of amides is 1. The molecule has 5 nitrogen and oxygen atoms in total. The zero-order chi connectivity index (χ0) is 13.9. The first-order valence-corrected chi connectivity index (χ1v) is 9.48. The molecule has 0 bridgehead atoms. The van der Waals surface area contributed by atoms with E-state index in [-0.39, 0.29) is 15.7 Å². The van der Waals surface area contributed by atoms with Crippen molar-refractivity contribution >= 4 is 39.0 Å². The molecule has 0 saturated carbocycles. The second kappa shape index (κ2) is 6.25. The first-order chi connectivity index (χ1) is 9.07. The molecule has 1 N–H and O–H groups in total. The van der Waals surface area contributed by atoms with Gasteiger partial charge in [-0.3, -0.25) is 4.79 Å². The number of hydrogen-bond acceptors (Lipinski definition) is 5. The van der Waals surface area contributed by atoms with Gasteiger partial charge in [0, 0.05) is 31.1 Å². The molecule has 2 rings (SSSR count). The van der Waals surface area contributed by atoms with Gasteiger partial charge >= 0.3 is 0 Å². The summed E-state index contributed by atoms with van der Waals surface area (Å²) in [6.07, 6.45) is 0. The third-order valence-corrected chi connectivity index (χ3v) is 6.69. The van der Waals surface area contributed by atoms with Gasteiger partial charge in [0.05, 0.1) is 0 Å². The van der Waals surface area contributed by atoms with Gasteiger partial charge in [0.15, 0.2) is 0 Å². The fourth-order valence-corrected chi connectivity index (χ4v) is 5.73. The Labute approximate surface area is 121 Å². The highest BCUT2D eigenvalue weighted by Gasteiger charge is 2.30. The molecule has 0 radical (unpaired) electrons. The smallest absolute Gasteiger partial charge is 0.262 e. The van der Waals surface area contributed by atoms with E-state index in [2.05, 4.69) is 5.32 Å². The van der Waals surface area contributed by atoms with Crippen molar-refractivity contribution in [1.82, 2.24) is 9.62 Å². The lowest BCUT2D eigenvalue weighted by atomic mass is 10.4. The number of thioether (sulfide) groups is 1. The minimum absolute atomic E-state index is 0.135. The number of nitrogens with one attached hydrogen (secondary N) is 1. The van der Waals surface area contributed by atoms with Crippen molar-refractivity contribution in [2.75, 3.05) is 31.1 Å². The van der Waals surface area contributed by atoms with Crippen LogP contribution >= 0.6 is 23.1 Å². The van der Waals surface area contributed by atoms with Crippen LogP contribution in [0.4, 0.5) is 0 Å². The molecule has 8 heteroatoms. The molecule has 1 aromatic rings. The lowest BCUT2D eigenvalue weighted by molar-refractivity contribution is 0.0956.